The van der Waals surface area contributed by atoms with Gasteiger partial charge in [-0.3, -0.25) is 0 Å². The van der Waals surface area contributed by atoms with Crippen LogP contribution >= 0.6 is 11.3 Å². The molecule has 1 aliphatic carbocycles. The second-order valence-corrected chi connectivity index (χ2v) is 6.60. The van der Waals surface area contributed by atoms with Crippen LogP contribution < -0.4 is 5.32 Å². The predicted octanol–water partition coefficient (Wildman–Crippen LogP) is 1.89. The van der Waals surface area contributed by atoms with Crippen LogP contribution in [-0.4, -0.2) is 39.6 Å². The van der Waals surface area contributed by atoms with Gasteiger partial charge in [0.05, 0.1) is 19.3 Å². The highest BCUT2D eigenvalue weighted by Gasteiger charge is 2.25. The SMILES string of the molecule is C1CCC(c2nnc3sc(C4COCCN4)nn23)CC1. The maximum atomic E-state index is 5.51. The molecule has 7 heteroatoms. The Labute approximate surface area is 121 Å². The molecule has 1 unspecified atom stereocenters. The van der Waals surface area contributed by atoms with E-state index in [1.165, 1.54) is 32.1 Å². The molecule has 0 bridgehead atoms. The van der Waals surface area contributed by atoms with Gasteiger partial charge in [0.1, 0.15) is 5.01 Å². The van der Waals surface area contributed by atoms with Gasteiger partial charge in [-0.05, 0) is 12.8 Å². The molecule has 1 saturated heterocycles. The Morgan fingerprint density at radius 1 is 1.20 bits per heavy atom. The van der Waals surface area contributed by atoms with Crippen molar-refractivity contribution in [3.05, 3.63) is 10.8 Å². The third kappa shape index (κ3) is 2.23. The fourth-order valence-corrected chi connectivity index (χ4v) is 4.03. The van der Waals surface area contributed by atoms with E-state index in [2.05, 4.69) is 15.5 Å². The summed E-state index contributed by atoms with van der Waals surface area (Å²) in [4.78, 5) is 0.910. The second-order valence-electron chi connectivity index (χ2n) is 5.61. The lowest BCUT2D eigenvalue weighted by Gasteiger charge is -2.21. The van der Waals surface area contributed by atoms with Gasteiger partial charge in [-0.25, -0.2) is 0 Å². The van der Waals surface area contributed by atoms with Crippen molar-refractivity contribution in [2.45, 2.75) is 44.1 Å². The molecule has 0 amide bonds. The van der Waals surface area contributed by atoms with Crippen molar-refractivity contribution in [1.29, 1.82) is 0 Å². The number of hydrogen-bond acceptors (Lipinski definition) is 6. The molecule has 0 aromatic carbocycles. The minimum Gasteiger partial charge on any atom is -0.378 e. The lowest BCUT2D eigenvalue weighted by Crippen LogP contribution is -2.34. The molecule has 1 atom stereocenters. The molecule has 3 heterocycles. The van der Waals surface area contributed by atoms with Gasteiger partial charge >= 0.3 is 0 Å². The molecular weight excluding hydrogens is 274 g/mol. The Morgan fingerprint density at radius 3 is 2.90 bits per heavy atom. The summed E-state index contributed by atoms with van der Waals surface area (Å²) in [5.74, 6) is 1.59. The molecule has 6 nitrogen and oxygen atoms in total. The van der Waals surface area contributed by atoms with Gasteiger partial charge in [0.25, 0.3) is 0 Å². The summed E-state index contributed by atoms with van der Waals surface area (Å²) < 4.78 is 7.48. The topological polar surface area (TPSA) is 64.3 Å². The van der Waals surface area contributed by atoms with Gasteiger partial charge in [-0.2, -0.15) is 9.61 Å². The highest BCUT2D eigenvalue weighted by molar-refractivity contribution is 7.16. The van der Waals surface area contributed by atoms with E-state index in [0.717, 1.165) is 28.9 Å². The average Bonchev–Trinajstić information content (AvgIpc) is 3.09. The van der Waals surface area contributed by atoms with E-state index in [1.54, 1.807) is 11.3 Å². The molecule has 1 aliphatic heterocycles. The van der Waals surface area contributed by atoms with E-state index in [9.17, 15) is 0 Å². The predicted molar refractivity (Wildman–Crippen MR) is 76.0 cm³/mol. The van der Waals surface area contributed by atoms with Crippen LogP contribution in [0.15, 0.2) is 0 Å². The van der Waals surface area contributed by atoms with E-state index < -0.39 is 0 Å². The molecular formula is C13H19N5OS. The monoisotopic (exact) mass is 293 g/mol. The summed E-state index contributed by atoms with van der Waals surface area (Å²) in [6.45, 7) is 2.37. The minimum absolute atomic E-state index is 0.203. The van der Waals surface area contributed by atoms with E-state index in [-0.39, 0.29) is 6.04 Å². The highest BCUT2D eigenvalue weighted by atomic mass is 32.1. The summed E-state index contributed by atoms with van der Waals surface area (Å²) in [7, 11) is 0. The fraction of sp³-hybridized carbons (Fsp3) is 0.769. The van der Waals surface area contributed by atoms with Gasteiger partial charge in [0.2, 0.25) is 4.96 Å². The molecule has 4 rings (SSSR count). The number of nitrogens with zero attached hydrogens (tertiary/aromatic N) is 4. The summed E-state index contributed by atoms with van der Waals surface area (Å²) in [6, 6.07) is 0.203. The normalized spacial score (nSPS) is 25.3. The van der Waals surface area contributed by atoms with Crippen LogP contribution in [0.2, 0.25) is 0 Å². The van der Waals surface area contributed by atoms with Crippen molar-refractivity contribution in [1.82, 2.24) is 25.1 Å². The van der Waals surface area contributed by atoms with Crippen molar-refractivity contribution < 1.29 is 4.74 Å². The Balaban J connectivity index is 1.63. The third-order valence-corrected chi connectivity index (χ3v) is 5.23. The smallest absolute Gasteiger partial charge is 0.234 e. The summed E-state index contributed by atoms with van der Waals surface area (Å²) in [5, 5.41) is 17.9. The van der Waals surface area contributed by atoms with Crippen LogP contribution in [0.5, 0.6) is 0 Å². The Kier molecular flexibility index (Phi) is 3.41. The van der Waals surface area contributed by atoms with Crippen molar-refractivity contribution in [2.24, 2.45) is 0 Å². The van der Waals surface area contributed by atoms with Gasteiger partial charge in [0.15, 0.2) is 5.82 Å². The van der Waals surface area contributed by atoms with Crippen LogP contribution in [0.1, 0.15) is 54.9 Å². The molecule has 20 heavy (non-hydrogen) atoms. The van der Waals surface area contributed by atoms with Gasteiger partial charge < -0.3 is 10.1 Å². The largest absolute Gasteiger partial charge is 0.378 e. The molecule has 2 aromatic rings. The number of rotatable bonds is 2. The number of hydrogen-bond donors (Lipinski definition) is 1. The van der Waals surface area contributed by atoms with Gasteiger partial charge in [0, 0.05) is 12.5 Å². The molecule has 2 fully saturated rings. The fourth-order valence-electron chi connectivity index (χ4n) is 3.13. The van der Waals surface area contributed by atoms with Gasteiger partial charge in [-0.15, -0.1) is 10.2 Å². The van der Waals surface area contributed by atoms with E-state index >= 15 is 0 Å². The van der Waals surface area contributed by atoms with Crippen LogP contribution in [0.3, 0.4) is 0 Å². The lowest BCUT2D eigenvalue weighted by atomic mass is 9.89. The van der Waals surface area contributed by atoms with Crippen molar-refractivity contribution in [2.75, 3.05) is 19.8 Å². The molecule has 2 aliphatic rings. The first-order valence-electron chi connectivity index (χ1n) is 7.45. The minimum atomic E-state index is 0.203. The third-order valence-electron chi connectivity index (χ3n) is 4.22. The second kappa shape index (κ2) is 5.38. The van der Waals surface area contributed by atoms with E-state index in [0.29, 0.717) is 12.5 Å². The number of nitrogens with one attached hydrogen (secondary N) is 1. The standard InChI is InChI=1S/C13H19N5OS/c1-2-4-9(5-3-1)11-15-16-13-18(11)17-12(20-13)10-8-19-7-6-14-10/h9-10,14H,1-8H2. The van der Waals surface area contributed by atoms with E-state index in [4.69, 9.17) is 9.84 Å². The van der Waals surface area contributed by atoms with Crippen LogP contribution in [-0.2, 0) is 4.74 Å². The molecule has 108 valence electrons. The quantitative estimate of drug-likeness (QED) is 0.916. The molecule has 1 saturated carbocycles. The van der Waals surface area contributed by atoms with Crippen molar-refractivity contribution in [3.63, 3.8) is 0 Å². The maximum absolute atomic E-state index is 5.51. The average molecular weight is 293 g/mol. The number of morpholine rings is 1. The Bertz CT molecular complexity index is 583. The lowest BCUT2D eigenvalue weighted by molar-refractivity contribution is 0.0765. The first-order chi connectivity index (χ1) is 9.92. The van der Waals surface area contributed by atoms with Crippen LogP contribution in [0.4, 0.5) is 0 Å². The van der Waals surface area contributed by atoms with Crippen LogP contribution in [0.25, 0.3) is 4.96 Å². The molecule has 2 aromatic heterocycles. The number of aromatic nitrogens is 4. The van der Waals surface area contributed by atoms with Crippen molar-refractivity contribution >= 4 is 16.3 Å². The van der Waals surface area contributed by atoms with Crippen molar-refractivity contribution in [3.8, 4) is 0 Å². The first-order valence-corrected chi connectivity index (χ1v) is 8.26. The zero-order valence-corrected chi connectivity index (χ0v) is 12.2. The Morgan fingerprint density at radius 2 is 2.10 bits per heavy atom. The highest BCUT2D eigenvalue weighted by Crippen LogP contribution is 2.33. The molecule has 0 spiro atoms. The first kappa shape index (κ1) is 12.7. The number of ether oxygens (including phenoxy) is 1. The Hall–Kier alpha value is -1.05. The maximum Gasteiger partial charge on any atom is 0.234 e. The summed E-state index contributed by atoms with van der Waals surface area (Å²) in [5.41, 5.74) is 0. The van der Waals surface area contributed by atoms with Crippen LogP contribution in [0, 0.1) is 0 Å². The van der Waals surface area contributed by atoms with Gasteiger partial charge in [-0.1, -0.05) is 30.6 Å². The molecule has 1 N–H and O–H groups in total. The zero-order chi connectivity index (χ0) is 13.4. The summed E-state index contributed by atoms with van der Waals surface area (Å²) >= 11 is 1.62. The molecule has 0 radical (unpaired) electrons. The van der Waals surface area contributed by atoms with E-state index in [1.807, 2.05) is 4.52 Å². The summed E-state index contributed by atoms with van der Waals surface area (Å²) in [6.07, 6.45) is 6.39. The zero-order valence-electron chi connectivity index (χ0n) is 11.4. The number of fused-ring (bicyclic) bond motifs is 1.